The molecule has 0 spiro atoms. The number of amides is 3. The molecule has 10 heteroatoms. The maximum atomic E-state index is 13.0. The van der Waals surface area contributed by atoms with Gasteiger partial charge in [0.05, 0.1) is 12.5 Å². The van der Waals surface area contributed by atoms with Gasteiger partial charge in [-0.25, -0.2) is 4.79 Å². The summed E-state index contributed by atoms with van der Waals surface area (Å²) in [6, 6.07) is 6.95. The smallest absolute Gasteiger partial charge is 0.426 e. The van der Waals surface area contributed by atoms with Crippen molar-refractivity contribution in [2.75, 3.05) is 13.2 Å². The Kier molecular flexibility index (Phi) is 11.4. The third-order valence-electron chi connectivity index (χ3n) is 5.33. The number of carbonyl (C=O) groups is 2. The minimum absolute atomic E-state index is 0.00285. The molecule has 2 rings (SSSR count). The Labute approximate surface area is 196 Å². The third kappa shape index (κ3) is 9.55. The van der Waals surface area contributed by atoms with E-state index in [1.54, 1.807) is 6.08 Å². The summed E-state index contributed by atoms with van der Waals surface area (Å²) in [4.78, 5) is 30.3. The molecule has 1 heterocycles. The van der Waals surface area contributed by atoms with Gasteiger partial charge in [-0.2, -0.15) is 5.06 Å². The fraction of sp³-hybridized carbons (Fsp3) is 0.565. The summed E-state index contributed by atoms with van der Waals surface area (Å²) in [7, 11) is -1.68. The van der Waals surface area contributed by atoms with E-state index in [0.717, 1.165) is 29.9 Å². The van der Waals surface area contributed by atoms with E-state index in [1.807, 2.05) is 26.0 Å². The standard InChI is InChI=1S/C23H37BN4O5/c1-4-5-7-18-8-10-19(11-9-18)15-25-20(16-26-23(30)28-12-6-13-33-28)22(29)27-21(24(31)32)14-17(2)3/h6,8-12,17,20-21,25,31-32H,4-5,7,13-16H2,1-3H3,(H,26,30)(H,27,29)/t20-,21-/m0/s1. The van der Waals surface area contributed by atoms with Crippen LogP contribution in [0.15, 0.2) is 36.5 Å². The van der Waals surface area contributed by atoms with Crippen LogP contribution in [-0.2, 0) is 22.6 Å². The molecule has 0 radical (unpaired) electrons. The molecule has 3 amide bonds. The molecule has 2 atom stereocenters. The second-order valence-corrected chi connectivity index (χ2v) is 8.70. The molecular formula is C23H37BN4O5. The number of aryl methyl sites for hydroxylation is 1. The Bertz CT molecular complexity index is 773. The van der Waals surface area contributed by atoms with E-state index in [2.05, 4.69) is 35.0 Å². The average molecular weight is 460 g/mol. The molecule has 0 bridgehead atoms. The van der Waals surface area contributed by atoms with E-state index in [-0.39, 0.29) is 12.5 Å². The van der Waals surface area contributed by atoms with E-state index < -0.39 is 31.0 Å². The number of urea groups is 1. The van der Waals surface area contributed by atoms with Crippen LogP contribution in [0.25, 0.3) is 0 Å². The Morgan fingerprint density at radius 1 is 1.18 bits per heavy atom. The van der Waals surface area contributed by atoms with Gasteiger partial charge in [0.2, 0.25) is 5.91 Å². The summed E-state index contributed by atoms with van der Waals surface area (Å²) in [6.45, 7) is 6.77. The number of hydrogen-bond acceptors (Lipinski definition) is 6. The van der Waals surface area contributed by atoms with E-state index in [9.17, 15) is 19.6 Å². The molecule has 5 N–H and O–H groups in total. The van der Waals surface area contributed by atoms with Crippen LogP contribution < -0.4 is 16.0 Å². The van der Waals surface area contributed by atoms with Gasteiger partial charge in [-0.15, -0.1) is 0 Å². The molecule has 1 aromatic carbocycles. The van der Waals surface area contributed by atoms with E-state index in [4.69, 9.17) is 4.84 Å². The number of hydrogen-bond donors (Lipinski definition) is 5. The number of nitrogens with one attached hydrogen (secondary N) is 3. The zero-order chi connectivity index (χ0) is 24.2. The summed E-state index contributed by atoms with van der Waals surface area (Å²) in [6.07, 6.45) is 6.95. The van der Waals surface area contributed by atoms with Gasteiger partial charge in [-0.05, 0) is 42.4 Å². The van der Waals surface area contributed by atoms with Crippen LogP contribution in [-0.4, -0.2) is 59.3 Å². The summed E-state index contributed by atoms with van der Waals surface area (Å²) >= 11 is 0. The predicted molar refractivity (Wildman–Crippen MR) is 128 cm³/mol. The van der Waals surface area contributed by atoms with Crippen LogP contribution in [0.5, 0.6) is 0 Å². The van der Waals surface area contributed by atoms with Crippen LogP contribution in [0.4, 0.5) is 4.79 Å². The lowest BCUT2D eigenvalue weighted by Crippen LogP contribution is -2.56. The summed E-state index contributed by atoms with van der Waals surface area (Å²) < 4.78 is 0. The molecule has 0 aliphatic carbocycles. The van der Waals surface area contributed by atoms with Gasteiger partial charge in [0.1, 0.15) is 6.04 Å². The minimum atomic E-state index is -1.68. The third-order valence-corrected chi connectivity index (χ3v) is 5.33. The average Bonchev–Trinajstić information content (AvgIpc) is 3.32. The largest absolute Gasteiger partial charge is 0.475 e. The van der Waals surface area contributed by atoms with Crippen LogP contribution >= 0.6 is 0 Å². The molecule has 0 saturated carbocycles. The molecule has 1 aromatic rings. The first-order chi connectivity index (χ1) is 15.8. The predicted octanol–water partition coefficient (Wildman–Crippen LogP) is 1.50. The van der Waals surface area contributed by atoms with Crippen molar-refractivity contribution in [1.82, 2.24) is 21.0 Å². The maximum absolute atomic E-state index is 13.0. The summed E-state index contributed by atoms with van der Waals surface area (Å²) in [5, 5.41) is 29.0. The van der Waals surface area contributed by atoms with Gasteiger partial charge in [0.15, 0.2) is 0 Å². The number of hydroxylamine groups is 2. The summed E-state index contributed by atoms with van der Waals surface area (Å²) in [5.41, 5.74) is 2.28. The maximum Gasteiger partial charge on any atom is 0.475 e. The molecule has 33 heavy (non-hydrogen) atoms. The molecule has 0 saturated heterocycles. The lowest BCUT2D eigenvalue weighted by molar-refractivity contribution is -0.123. The Balaban J connectivity index is 2.01. The van der Waals surface area contributed by atoms with Gasteiger partial charge >= 0.3 is 13.1 Å². The number of nitrogens with zero attached hydrogens (tertiary/aromatic N) is 1. The van der Waals surface area contributed by atoms with Crippen LogP contribution in [0.1, 0.15) is 51.2 Å². The first-order valence-electron chi connectivity index (χ1n) is 11.6. The Hall–Kier alpha value is -2.40. The van der Waals surface area contributed by atoms with Crippen LogP contribution in [0.2, 0.25) is 0 Å². The first-order valence-corrected chi connectivity index (χ1v) is 11.6. The topological polar surface area (TPSA) is 123 Å². The quantitative estimate of drug-likeness (QED) is 0.285. The minimum Gasteiger partial charge on any atom is -0.426 e. The van der Waals surface area contributed by atoms with Gasteiger partial charge in [0, 0.05) is 19.3 Å². The van der Waals surface area contributed by atoms with Crippen LogP contribution in [0.3, 0.4) is 0 Å². The fourth-order valence-corrected chi connectivity index (χ4v) is 3.45. The van der Waals surface area contributed by atoms with Crippen molar-refractivity contribution in [2.45, 2.75) is 65.0 Å². The van der Waals surface area contributed by atoms with Gasteiger partial charge < -0.3 is 26.0 Å². The SMILES string of the molecule is CCCCc1ccc(CN[C@@H](CNC(=O)N2C=CCO2)C(=O)N[C@@H](CC(C)C)B(O)O)cc1. The van der Waals surface area contributed by atoms with Gasteiger partial charge in [-0.3, -0.25) is 9.63 Å². The molecule has 9 nitrogen and oxygen atoms in total. The summed E-state index contributed by atoms with van der Waals surface area (Å²) in [5.74, 6) is -1.07. The van der Waals surface area contributed by atoms with Crippen molar-refractivity contribution in [3.8, 4) is 0 Å². The highest BCUT2D eigenvalue weighted by Crippen LogP contribution is 2.09. The number of benzene rings is 1. The molecule has 182 valence electrons. The highest BCUT2D eigenvalue weighted by molar-refractivity contribution is 6.43. The Morgan fingerprint density at radius 2 is 1.88 bits per heavy atom. The van der Waals surface area contributed by atoms with E-state index >= 15 is 0 Å². The fourth-order valence-electron chi connectivity index (χ4n) is 3.45. The lowest BCUT2D eigenvalue weighted by Gasteiger charge is -2.25. The lowest BCUT2D eigenvalue weighted by atomic mass is 9.75. The molecule has 1 aliphatic heterocycles. The van der Waals surface area contributed by atoms with Crippen molar-refractivity contribution in [1.29, 1.82) is 0 Å². The highest BCUT2D eigenvalue weighted by Gasteiger charge is 2.29. The van der Waals surface area contributed by atoms with Gasteiger partial charge in [0.25, 0.3) is 0 Å². The van der Waals surface area contributed by atoms with Crippen molar-refractivity contribution >= 4 is 19.1 Å². The van der Waals surface area contributed by atoms with E-state index in [0.29, 0.717) is 19.6 Å². The molecule has 0 aromatic heterocycles. The molecule has 0 unspecified atom stereocenters. The molecular weight excluding hydrogens is 423 g/mol. The number of carbonyl (C=O) groups excluding carboxylic acids is 2. The first kappa shape index (κ1) is 26.9. The number of unbranched alkanes of at least 4 members (excludes halogenated alkanes) is 1. The van der Waals surface area contributed by atoms with Gasteiger partial charge in [-0.1, -0.05) is 51.5 Å². The molecule has 1 aliphatic rings. The van der Waals surface area contributed by atoms with Crippen molar-refractivity contribution in [3.63, 3.8) is 0 Å². The van der Waals surface area contributed by atoms with E-state index in [1.165, 1.54) is 11.8 Å². The normalized spacial score (nSPS) is 14.9. The van der Waals surface area contributed by atoms with Crippen molar-refractivity contribution < 1.29 is 24.5 Å². The Morgan fingerprint density at radius 3 is 2.45 bits per heavy atom. The second kappa shape index (κ2) is 14.0. The number of rotatable bonds is 13. The highest BCUT2D eigenvalue weighted by atomic mass is 16.7. The second-order valence-electron chi connectivity index (χ2n) is 8.70. The monoisotopic (exact) mass is 460 g/mol. The van der Waals surface area contributed by atoms with Crippen molar-refractivity contribution in [3.05, 3.63) is 47.7 Å². The zero-order valence-corrected chi connectivity index (χ0v) is 19.8. The van der Waals surface area contributed by atoms with Crippen molar-refractivity contribution in [2.24, 2.45) is 5.92 Å². The van der Waals surface area contributed by atoms with Crippen LogP contribution in [0, 0.1) is 5.92 Å². The molecule has 0 fully saturated rings. The zero-order valence-electron chi connectivity index (χ0n) is 19.8.